The molecule has 0 aromatic rings. The van der Waals surface area contributed by atoms with Crippen LogP contribution in [0.1, 0.15) is 33.6 Å². The highest BCUT2D eigenvalue weighted by atomic mass is 15.3. The van der Waals surface area contributed by atoms with Gasteiger partial charge in [-0.2, -0.15) is 0 Å². The first-order chi connectivity index (χ1) is 9.97. The lowest BCUT2D eigenvalue weighted by molar-refractivity contribution is 0.125. The van der Waals surface area contributed by atoms with Gasteiger partial charge in [-0.05, 0) is 39.8 Å². The number of likely N-dealkylation sites (N-methyl/N-ethyl adjacent to an activating group) is 1. The number of nitrogens with zero attached hydrogens (tertiary/aromatic N) is 3. The Morgan fingerprint density at radius 1 is 0.905 bits per heavy atom. The molecule has 1 atom stereocenters. The summed E-state index contributed by atoms with van der Waals surface area (Å²) in [5.41, 5.74) is 0. The molecule has 0 saturated carbocycles. The Morgan fingerprint density at radius 3 is 2.00 bits per heavy atom. The molecule has 21 heavy (non-hydrogen) atoms. The van der Waals surface area contributed by atoms with Crippen LogP contribution in [0.25, 0.3) is 0 Å². The predicted molar refractivity (Wildman–Crippen MR) is 93.0 cm³/mol. The van der Waals surface area contributed by atoms with E-state index in [1.807, 2.05) is 0 Å². The molecule has 1 aliphatic heterocycles. The molecule has 1 rings (SSSR count). The van der Waals surface area contributed by atoms with Gasteiger partial charge in [0, 0.05) is 58.4 Å². The van der Waals surface area contributed by atoms with Gasteiger partial charge in [-0.25, -0.2) is 0 Å². The molecule has 1 fully saturated rings. The molecule has 0 aromatic carbocycles. The Balaban J connectivity index is 2.02. The normalized spacial score (nSPS) is 19.6. The molecule has 0 spiro atoms. The van der Waals surface area contributed by atoms with E-state index in [1.165, 1.54) is 58.7 Å². The van der Waals surface area contributed by atoms with Gasteiger partial charge in [0.05, 0.1) is 0 Å². The topological polar surface area (TPSA) is 21.8 Å². The van der Waals surface area contributed by atoms with Crippen molar-refractivity contribution < 1.29 is 0 Å². The molecule has 1 heterocycles. The molecule has 126 valence electrons. The number of nitrogens with one attached hydrogen (secondary N) is 1. The summed E-state index contributed by atoms with van der Waals surface area (Å²) in [7, 11) is 4.31. The minimum Gasteiger partial charge on any atom is -0.313 e. The largest absolute Gasteiger partial charge is 0.313 e. The van der Waals surface area contributed by atoms with Gasteiger partial charge in [0.2, 0.25) is 0 Å². The van der Waals surface area contributed by atoms with E-state index in [0.717, 1.165) is 12.5 Å². The number of hydrogen-bond donors (Lipinski definition) is 1. The average Bonchev–Trinajstić information content (AvgIpc) is 2.44. The first-order valence-corrected chi connectivity index (χ1v) is 8.80. The van der Waals surface area contributed by atoms with E-state index >= 15 is 0 Å². The van der Waals surface area contributed by atoms with E-state index in [9.17, 15) is 0 Å². The van der Waals surface area contributed by atoms with Crippen molar-refractivity contribution in [2.24, 2.45) is 5.92 Å². The maximum Gasteiger partial charge on any atom is 0.0110 e. The molecule has 4 heteroatoms. The van der Waals surface area contributed by atoms with Crippen molar-refractivity contribution in [3.05, 3.63) is 0 Å². The van der Waals surface area contributed by atoms with Crippen LogP contribution in [0.2, 0.25) is 0 Å². The number of rotatable bonds is 10. The summed E-state index contributed by atoms with van der Waals surface area (Å²) in [4.78, 5) is 7.47. The molecule has 0 aliphatic carbocycles. The maximum absolute atomic E-state index is 3.67. The Kier molecular flexibility index (Phi) is 9.49. The van der Waals surface area contributed by atoms with E-state index in [0.29, 0.717) is 6.04 Å². The molecule has 0 bridgehead atoms. The summed E-state index contributed by atoms with van der Waals surface area (Å²) in [6.45, 7) is 16.6. The van der Waals surface area contributed by atoms with E-state index < -0.39 is 0 Å². The van der Waals surface area contributed by atoms with Crippen LogP contribution in [-0.4, -0.2) is 87.2 Å². The maximum atomic E-state index is 3.67. The number of piperazine rings is 1. The van der Waals surface area contributed by atoms with Crippen LogP contribution in [-0.2, 0) is 0 Å². The molecule has 0 radical (unpaired) electrons. The smallest absolute Gasteiger partial charge is 0.0110 e. The van der Waals surface area contributed by atoms with Crippen molar-refractivity contribution >= 4 is 0 Å². The molecule has 0 aromatic heterocycles. The van der Waals surface area contributed by atoms with Crippen LogP contribution in [0.5, 0.6) is 0 Å². The fraction of sp³-hybridized carbons (Fsp3) is 1.00. The first-order valence-electron chi connectivity index (χ1n) is 8.80. The first kappa shape index (κ1) is 18.9. The standard InChI is InChI=1S/C17H38N4/c1-16(2)6-7-17(3)18-8-9-20-12-14-21(15-13-20)11-10-19(4)5/h16-18H,6-15H2,1-5H3. The van der Waals surface area contributed by atoms with Gasteiger partial charge in [-0.15, -0.1) is 0 Å². The molecule has 1 N–H and O–H groups in total. The van der Waals surface area contributed by atoms with Gasteiger partial charge in [-0.1, -0.05) is 13.8 Å². The Labute approximate surface area is 132 Å². The molecule has 4 nitrogen and oxygen atoms in total. The van der Waals surface area contributed by atoms with Crippen molar-refractivity contribution in [3.63, 3.8) is 0 Å². The second-order valence-electron chi connectivity index (χ2n) is 7.31. The van der Waals surface area contributed by atoms with Gasteiger partial charge < -0.3 is 10.2 Å². The molecule has 1 saturated heterocycles. The number of hydrogen-bond acceptors (Lipinski definition) is 4. The summed E-state index contributed by atoms with van der Waals surface area (Å²) in [6.07, 6.45) is 2.63. The highest BCUT2D eigenvalue weighted by Gasteiger charge is 2.16. The highest BCUT2D eigenvalue weighted by Crippen LogP contribution is 2.06. The third-order valence-electron chi connectivity index (χ3n) is 4.43. The lowest BCUT2D eigenvalue weighted by atomic mass is 10.0. The monoisotopic (exact) mass is 298 g/mol. The van der Waals surface area contributed by atoms with Crippen LogP contribution >= 0.6 is 0 Å². The van der Waals surface area contributed by atoms with Crippen molar-refractivity contribution in [1.82, 2.24) is 20.0 Å². The summed E-state index contributed by atoms with van der Waals surface area (Å²) in [5, 5.41) is 3.67. The zero-order valence-corrected chi connectivity index (χ0v) is 15.1. The van der Waals surface area contributed by atoms with Crippen LogP contribution in [0.4, 0.5) is 0 Å². The third-order valence-corrected chi connectivity index (χ3v) is 4.43. The third kappa shape index (κ3) is 9.46. The fourth-order valence-corrected chi connectivity index (χ4v) is 2.73. The second-order valence-corrected chi connectivity index (χ2v) is 7.31. The van der Waals surface area contributed by atoms with Gasteiger partial charge in [-0.3, -0.25) is 9.80 Å². The van der Waals surface area contributed by atoms with Crippen molar-refractivity contribution in [1.29, 1.82) is 0 Å². The van der Waals surface area contributed by atoms with E-state index in [4.69, 9.17) is 0 Å². The minimum atomic E-state index is 0.661. The van der Waals surface area contributed by atoms with Crippen molar-refractivity contribution in [3.8, 4) is 0 Å². The van der Waals surface area contributed by atoms with Gasteiger partial charge in [0.25, 0.3) is 0 Å². The molecule has 1 aliphatic rings. The summed E-state index contributed by atoms with van der Waals surface area (Å²) in [6, 6.07) is 0.661. The summed E-state index contributed by atoms with van der Waals surface area (Å²) < 4.78 is 0. The summed E-state index contributed by atoms with van der Waals surface area (Å²) >= 11 is 0. The Bertz CT molecular complexity index is 247. The quantitative estimate of drug-likeness (QED) is 0.661. The lowest BCUT2D eigenvalue weighted by Crippen LogP contribution is -2.49. The van der Waals surface area contributed by atoms with E-state index in [-0.39, 0.29) is 0 Å². The molecule has 1 unspecified atom stereocenters. The summed E-state index contributed by atoms with van der Waals surface area (Å²) in [5.74, 6) is 0.824. The molecular formula is C17H38N4. The van der Waals surface area contributed by atoms with Gasteiger partial charge in [0.1, 0.15) is 0 Å². The predicted octanol–water partition coefficient (Wildman–Crippen LogP) is 1.58. The van der Waals surface area contributed by atoms with Crippen LogP contribution in [0.3, 0.4) is 0 Å². The lowest BCUT2D eigenvalue weighted by Gasteiger charge is -2.35. The zero-order valence-electron chi connectivity index (χ0n) is 15.1. The van der Waals surface area contributed by atoms with E-state index in [2.05, 4.69) is 54.9 Å². The molecule has 0 amide bonds. The minimum absolute atomic E-state index is 0.661. The Morgan fingerprint density at radius 2 is 1.48 bits per heavy atom. The van der Waals surface area contributed by atoms with Gasteiger partial charge >= 0.3 is 0 Å². The van der Waals surface area contributed by atoms with Crippen LogP contribution in [0.15, 0.2) is 0 Å². The van der Waals surface area contributed by atoms with Crippen LogP contribution < -0.4 is 5.32 Å². The van der Waals surface area contributed by atoms with Crippen molar-refractivity contribution in [2.75, 3.05) is 66.5 Å². The second kappa shape index (κ2) is 10.5. The van der Waals surface area contributed by atoms with E-state index in [1.54, 1.807) is 0 Å². The van der Waals surface area contributed by atoms with Gasteiger partial charge in [0.15, 0.2) is 0 Å². The van der Waals surface area contributed by atoms with Crippen molar-refractivity contribution in [2.45, 2.75) is 39.7 Å². The average molecular weight is 299 g/mol. The van der Waals surface area contributed by atoms with Crippen LogP contribution in [0, 0.1) is 5.92 Å². The zero-order chi connectivity index (χ0) is 15.7. The molecular weight excluding hydrogens is 260 g/mol. The SMILES string of the molecule is CC(C)CCC(C)NCCN1CCN(CCN(C)C)CC1. The Hall–Kier alpha value is -0.160. The fourth-order valence-electron chi connectivity index (χ4n) is 2.73. The highest BCUT2D eigenvalue weighted by molar-refractivity contribution is 4.73.